The van der Waals surface area contributed by atoms with Gasteiger partial charge < -0.3 is 39.0 Å². The molecule has 61 heavy (non-hydrogen) atoms. The van der Waals surface area contributed by atoms with E-state index < -0.39 is 35.1 Å². The summed E-state index contributed by atoms with van der Waals surface area (Å²) in [5, 5.41) is 7.42. The number of esters is 1. The van der Waals surface area contributed by atoms with Gasteiger partial charge in [0.2, 0.25) is 5.91 Å². The number of fused-ring (bicyclic) bond motifs is 2. The Balaban J connectivity index is 1.53. The van der Waals surface area contributed by atoms with E-state index >= 15 is 0 Å². The molecule has 4 amide bonds. The van der Waals surface area contributed by atoms with Crippen molar-refractivity contribution >= 4 is 51.7 Å². The molecular weight excluding hydrogens is 781 g/mol. The third kappa shape index (κ3) is 16.3. The van der Waals surface area contributed by atoms with Gasteiger partial charge in [-0.25, -0.2) is 14.4 Å². The van der Waals surface area contributed by atoms with E-state index in [1.807, 2.05) is 34.1 Å². The highest BCUT2D eigenvalue weighted by Gasteiger charge is 2.30. The first-order valence-corrected chi connectivity index (χ1v) is 21.3. The summed E-state index contributed by atoms with van der Waals surface area (Å²) in [6, 6.07) is 18.5. The third-order valence-electron chi connectivity index (χ3n) is 9.65. The average molecular weight is 849 g/mol. The van der Waals surface area contributed by atoms with Gasteiger partial charge in [-0.3, -0.25) is 19.4 Å². The Kier molecular flexibility index (Phi) is 17.2. The molecule has 0 atom stereocenters. The maximum Gasteiger partial charge on any atom is 0.410 e. The molecule has 0 aromatic heterocycles. The van der Waals surface area contributed by atoms with E-state index in [1.165, 1.54) is 14.7 Å². The summed E-state index contributed by atoms with van der Waals surface area (Å²) < 4.78 is 22.5. The molecule has 1 N–H and O–H groups in total. The van der Waals surface area contributed by atoms with Crippen LogP contribution in [0.3, 0.4) is 0 Å². The lowest BCUT2D eigenvalue weighted by molar-refractivity contribution is -0.144. The van der Waals surface area contributed by atoms with E-state index in [9.17, 15) is 24.0 Å². The van der Waals surface area contributed by atoms with Crippen LogP contribution in [0.5, 0.6) is 0 Å². The molecule has 0 unspecified atom stereocenters. The maximum atomic E-state index is 13.7. The van der Waals surface area contributed by atoms with E-state index in [0.29, 0.717) is 13.1 Å². The fraction of sp³-hybridized carbons (Fsp3) is 0.587. The second-order valence-electron chi connectivity index (χ2n) is 18.3. The lowest BCUT2D eigenvalue weighted by atomic mass is 9.96. The van der Waals surface area contributed by atoms with Crippen LogP contribution >= 0.6 is 0 Å². The summed E-state index contributed by atoms with van der Waals surface area (Å²) >= 11 is 0. The number of nitrogens with zero attached hydrogens (tertiary/aromatic N) is 5. The Morgan fingerprint density at radius 3 is 1.44 bits per heavy atom. The van der Waals surface area contributed by atoms with Gasteiger partial charge >= 0.3 is 24.2 Å². The van der Waals surface area contributed by atoms with Crippen molar-refractivity contribution in [2.45, 2.75) is 92.6 Å². The molecule has 1 fully saturated rings. The largest absolute Gasteiger partial charge is 0.465 e. The molecule has 1 saturated heterocycles. The van der Waals surface area contributed by atoms with Gasteiger partial charge in [-0.1, -0.05) is 48.5 Å². The standard InChI is InChI=1S/C46H68N6O9/c1-11-58-40(54)33-49(31-38-36-18-14-12-16-34(36)30-35-17-13-15-19-37(35)38)21-20-47-39(53)32-48-22-24-50(41(55)59-44(2,3)4)26-28-52(43(57)61-46(8,9)10)29-27-51(25-23-48)42(56)60-45(5,6)7/h12-19,30H,11,20-29,31-33H2,1-10H3,(H,47,53). The Labute approximate surface area is 361 Å². The van der Waals surface area contributed by atoms with Crippen LogP contribution in [-0.4, -0.2) is 157 Å². The first kappa shape index (κ1) is 48.5. The van der Waals surface area contributed by atoms with Gasteiger partial charge in [0, 0.05) is 72.0 Å². The summed E-state index contributed by atoms with van der Waals surface area (Å²) in [6.07, 6.45) is -1.66. The third-order valence-corrected chi connectivity index (χ3v) is 9.65. The van der Waals surface area contributed by atoms with Crippen molar-refractivity contribution < 1.29 is 42.9 Å². The molecule has 0 bridgehead atoms. The predicted octanol–water partition coefficient (Wildman–Crippen LogP) is 6.50. The van der Waals surface area contributed by atoms with Crippen molar-refractivity contribution in [3.63, 3.8) is 0 Å². The molecule has 0 saturated carbocycles. The van der Waals surface area contributed by atoms with Gasteiger partial charge in [-0.05, 0) is 102 Å². The molecule has 336 valence electrons. The molecule has 0 aliphatic carbocycles. The molecule has 1 heterocycles. The number of carbonyl (C=O) groups is 5. The molecule has 1 aliphatic heterocycles. The summed E-state index contributed by atoms with van der Waals surface area (Å²) in [5.41, 5.74) is -1.20. The summed E-state index contributed by atoms with van der Waals surface area (Å²) in [7, 11) is 0. The number of rotatable bonds is 10. The zero-order valence-corrected chi connectivity index (χ0v) is 38.0. The molecule has 1 aliphatic rings. The fourth-order valence-corrected chi connectivity index (χ4v) is 6.86. The zero-order valence-electron chi connectivity index (χ0n) is 38.0. The molecule has 4 rings (SSSR count). The SMILES string of the molecule is CCOC(=O)CN(CCNC(=O)CN1CCN(C(=O)OC(C)(C)C)CCN(C(=O)OC(C)(C)C)CCN(C(=O)OC(C)(C)C)CC1)Cc1c2ccccc2cc2ccccc12. The number of hydrogen-bond acceptors (Lipinski definition) is 11. The average Bonchev–Trinajstić information content (AvgIpc) is 3.13. The number of amides is 4. The molecule has 0 spiro atoms. The van der Waals surface area contributed by atoms with Gasteiger partial charge in [0.05, 0.1) is 19.7 Å². The highest BCUT2D eigenvalue weighted by molar-refractivity contribution is 6.02. The number of carbonyl (C=O) groups excluding carboxylic acids is 5. The number of nitrogens with one attached hydrogen (secondary N) is 1. The van der Waals surface area contributed by atoms with E-state index in [0.717, 1.165) is 27.1 Å². The highest BCUT2D eigenvalue weighted by atomic mass is 16.6. The van der Waals surface area contributed by atoms with Crippen LogP contribution in [0.15, 0.2) is 54.6 Å². The van der Waals surface area contributed by atoms with E-state index in [4.69, 9.17) is 18.9 Å². The summed E-state index contributed by atoms with van der Waals surface area (Å²) in [4.78, 5) is 75.4. The Morgan fingerprint density at radius 1 is 0.623 bits per heavy atom. The molecule has 3 aromatic rings. The van der Waals surface area contributed by atoms with Crippen LogP contribution in [-0.2, 0) is 35.1 Å². The smallest absolute Gasteiger partial charge is 0.410 e. The van der Waals surface area contributed by atoms with Crippen molar-refractivity contribution in [1.29, 1.82) is 0 Å². The molecule has 0 radical (unpaired) electrons. The lowest BCUT2D eigenvalue weighted by Crippen LogP contribution is -2.52. The van der Waals surface area contributed by atoms with Gasteiger partial charge in [0.15, 0.2) is 0 Å². The van der Waals surface area contributed by atoms with Crippen molar-refractivity contribution in [2.75, 3.05) is 85.1 Å². The van der Waals surface area contributed by atoms with Crippen LogP contribution in [0.25, 0.3) is 21.5 Å². The summed E-state index contributed by atoms with van der Waals surface area (Å²) in [5.74, 6) is -0.612. The minimum atomic E-state index is -0.763. The van der Waals surface area contributed by atoms with E-state index in [2.05, 4.69) is 35.6 Å². The van der Waals surface area contributed by atoms with Crippen LogP contribution in [0, 0.1) is 0 Å². The van der Waals surface area contributed by atoms with Crippen molar-refractivity contribution in [3.05, 3.63) is 60.2 Å². The zero-order chi connectivity index (χ0) is 45.0. The minimum absolute atomic E-state index is 0.0276. The Hall–Kier alpha value is -5.15. The first-order valence-electron chi connectivity index (χ1n) is 21.3. The number of benzene rings is 3. The quantitative estimate of drug-likeness (QED) is 0.135. The van der Waals surface area contributed by atoms with Crippen molar-refractivity contribution in [2.24, 2.45) is 0 Å². The minimum Gasteiger partial charge on any atom is -0.465 e. The van der Waals surface area contributed by atoms with E-state index in [-0.39, 0.29) is 90.5 Å². The highest BCUT2D eigenvalue weighted by Crippen LogP contribution is 2.29. The van der Waals surface area contributed by atoms with Gasteiger partial charge in [-0.2, -0.15) is 0 Å². The normalized spacial score (nSPS) is 15.2. The Morgan fingerprint density at radius 2 is 1.03 bits per heavy atom. The van der Waals surface area contributed by atoms with Gasteiger partial charge in [-0.15, -0.1) is 0 Å². The van der Waals surface area contributed by atoms with Crippen LogP contribution in [0.4, 0.5) is 14.4 Å². The van der Waals surface area contributed by atoms with Crippen LogP contribution < -0.4 is 5.32 Å². The maximum absolute atomic E-state index is 13.7. The molecule has 15 heteroatoms. The lowest BCUT2D eigenvalue weighted by Gasteiger charge is -2.35. The topological polar surface area (TPSA) is 150 Å². The molecule has 15 nitrogen and oxygen atoms in total. The number of ether oxygens (including phenoxy) is 4. The monoisotopic (exact) mass is 849 g/mol. The second-order valence-corrected chi connectivity index (χ2v) is 18.3. The Bertz CT molecular complexity index is 1870. The van der Waals surface area contributed by atoms with Gasteiger partial charge in [0.25, 0.3) is 0 Å². The van der Waals surface area contributed by atoms with Crippen molar-refractivity contribution in [3.8, 4) is 0 Å². The first-order chi connectivity index (χ1) is 28.6. The molecular formula is C46H68N6O9. The van der Waals surface area contributed by atoms with Crippen LogP contribution in [0.1, 0.15) is 74.8 Å². The van der Waals surface area contributed by atoms with E-state index in [1.54, 1.807) is 69.2 Å². The van der Waals surface area contributed by atoms with Crippen LogP contribution in [0.2, 0.25) is 0 Å². The fourth-order valence-electron chi connectivity index (χ4n) is 6.86. The van der Waals surface area contributed by atoms with Gasteiger partial charge in [0.1, 0.15) is 16.8 Å². The molecule has 3 aromatic carbocycles. The predicted molar refractivity (Wildman–Crippen MR) is 236 cm³/mol. The second kappa shape index (κ2) is 21.6. The number of hydrogen-bond donors (Lipinski definition) is 1. The van der Waals surface area contributed by atoms with Crippen molar-refractivity contribution in [1.82, 2.24) is 29.8 Å². The summed E-state index contributed by atoms with van der Waals surface area (Å²) in [6.45, 7) is 20.6.